The van der Waals surface area contributed by atoms with Crippen LogP contribution in [0, 0.1) is 5.92 Å². The Bertz CT molecular complexity index is 837. The third kappa shape index (κ3) is 3.41. The lowest BCUT2D eigenvalue weighted by atomic mass is 9.81. The van der Waals surface area contributed by atoms with Gasteiger partial charge in [-0.15, -0.1) is 0 Å². The van der Waals surface area contributed by atoms with E-state index in [9.17, 15) is 28.7 Å². The number of anilines is 1. The quantitative estimate of drug-likeness (QED) is 0.379. The maximum absolute atomic E-state index is 12.7. The Morgan fingerprint density at radius 3 is 1.93 bits per heavy atom. The summed E-state index contributed by atoms with van der Waals surface area (Å²) in [6.07, 6.45) is 1.85. The lowest BCUT2D eigenvalue weighted by Gasteiger charge is -2.57. The van der Waals surface area contributed by atoms with Crippen LogP contribution >= 0.6 is 15.2 Å². The van der Waals surface area contributed by atoms with Crippen LogP contribution in [0.1, 0.15) is 51.1 Å². The van der Waals surface area contributed by atoms with Crippen LogP contribution in [-0.4, -0.2) is 62.2 Å². The van der Waals surface area contributed by atoms with Crippen LogP contribution in [0.25, 0.3) is 0 Å². The van der Waals surface area contributed by atoms with Crippen molar-refractivity contribution >= 4 is 20.9 Å². The van der Waals surface area contributed by atoms with Gasteiger partial charge in [-0.1, -0.05) is 12.1 Å². The Balaban J connectivity index is 2.19. The number of hydrogen-bond donors (Lipinski definition) is 4. The van der Waals surface area contributed by atoms with Crippen molar-refractivity contribution in [3.05, 3.63) is 29.8 Å². The molecule has 1 saturated heterocycles. The van der Waals surface area contributed by atoms with Crippen molar-refractivity contribution in [2.45, 2.75) is 56.5 Å². The van der Waals surface area contributed by atoms with E-state index in [2.05, 4.69) is 0 Å². The van der Waals surface area contributed by atoms with E-state index in [1.165, 1.54) is 0 Å². The van der Waals surface area contributed by atoms with Gasteiger partial charge in [-0.25, -0.2) is 0 Å². The number of likely N-dealkylation sites (tertiary alicyclic amines) is 1. The molecule has 0 amide bonds. The molecular weight excluding hydrogens is 426 g/mol. The molecule has 10 heteroatoms. The fraction of sp³-hybridized carbons (Fsp3) is 0.700. The Hall–Kier alpha value is -0.720. The van der Waals surface area contributed by atoms with Crippen LogP contribution < -0.4 is 4.90 Å². The van der Waals surface area contributed by atoms with Gasteiger partial charge in [-0.3, -0.25) is 9.13 Å². The molecule has 3 unspecified atom stereocenters. The van der Waals surface area contributed by atoms with Crippen molar-refractivity contribution in [3.8, 4) is 0 Å². The zero-order valence-corrected chi connectivity index (χ0v) is 20.0. The van der Waals surface area contributed by atoms with Gasteiger partial charge in [0, 0.05) is 37.7 Å². The van der Waals surface area contributed by atoms with E-state index >= 15 is 0 Å². The third-order valence-corrected chi connectivity index (χ3v) is 12.3. The zero-order valence-electron chi connectivity index (χ0n) is 18.2. The van der Waals surface area contributed by atoms with Crippen molar-refractivity contribution in [1.82, 2.24) is 0 Å². The van der Waals surface area contributed by atoms with Gasteiger partial charge in [-0.05, 0) is 45.2 Å². The summed E-state index contributed by atoms with van der Waals surface area (Å²) in [7, 11) is -6.24. The number of rotatable bonds is 6. The molecule has 170 valence electrons. The number of benzene rings is 1. The van der Waals surface area contributed by atoms with Crippen molar-refractivity contribution in [1.29, 1.82) is 0 Å². The molecule has 1 heterocycles. The first-order valence-electron chi connectivity index (χ1n) is 10.6. The summed E-state index contributed by atoms with van der Waals surface area (Å²) < 4.78 is 25.7. The van der Waals surface area contributed by atoms with Crippen LogP contribution in [0.15, 0.2) is 24.3 Å². The first-order valence-corrected chi connectivity index (χ1v) is 13.8. The number of fused-ring (bicyclic) bond motifs is 1. The van der Waals surface area contributed by atoms with Gasteiger partial charge in [0.2, 0.25) is 4.90 Å². The van der Waals surface area contributed by atoms with Crippen molar-refractivity contribution in [3.63, 3.8) is 0 Å². The summed E-state index contributed by atoms with van der Waals surface area (Å²) in [6.45, 7) is 5.05. The monoisotopic (exact) mass is 461 g/mol. The largest absolute Gasteiger partial charge is 0.378 e. The minimum atomic E-state index is -5.09. The van der Waals surface area contributed by atoms with Crippen molar-refractivity contribution in [2.24, 2.45) is 5.92 Å². The smallest absolute Gasteiger partial charge is 0.349 e. The van der Waals surface area contributed by atoms with Crippen LogP contribution in [0.4, 0.5) is 5.69 Å². The fourth-order valence-corrected chi connectivity index (χ4v) is 10.1. The van der Waals surface area contributed by atoms with E-state index in [1.807, 2.05) is 57.1 Å². The number of hydrogen-bond acceptors (Lipinski definition) is 3. The van der Waals surface area contributed by atoms with E-state index < -0.39 is 26.1 Å². The maximum Gasteiger partial charge on any atom is 0.349 e. The minimum Gasteiger partial charge on any atom is -0.378 e. The molecule has 3 rings (SSSR count). The Morgan fingerprint density at radius 2 is 1.50 bits per heavy atom. The van der Waals surface area contributed by atoms with Gasteiger partial charge in [0.1, 0.15) is 12.1 Å². The standard InChI is InChI=1S/C20H34N2O6P2/c1-5-22(6-2)18(15-7-10-17(11-8-15)21(3)4)12-9-16-13-14-20(19(16)22,29(23,24)25)30(26,27)28/h7-8,10-11,16,18-19H,5-6,9,12-14H2,1-4H3,(H3-,23,24,25,26,27,28)/p+1. The Kier molecular flexibility index (Phi) is 6.38. The number of quaternary nitrogens is 1. The van der Waals surface area contributed by atoms with E-state index in [1.54, 1.807) is 0 Å². The summed E-state index contributed by atoms with van der Waals surface area (Å²) >= 11 is 0. The molecule has 1 aliphatic carbocycles. The lowest BCUT2D eigenvalue weighted by Crippen LogP contribution is -2.67. The summed E-state index contributed by atoms with van der Waals surface area (Å²) in [5.74, 6) is -0.109. The highest BCUT2D eigenvalue weighted by Gasteiger charge is 2.76. The second-order valence-corrected chi connectivity index (χ2v) is 13.1. The molecule has 0 spiro atoms. The summed E-state index contributed by atoms with van der Waals surface area (Å²) in [4.78, 5) is 41.0. The number of nitrogens with zero attached hydrogens (tertiary/aromatic N) is 2. The second-order valence-electron chi connectivity index (χ2n) is 9.02. The Morgan fingerprint density at radius 1 is 0.967 bits per heavy atom. The van der Waals surface area contributed by atoms with E-state index in [4.69, 9.17) is 0 Å². The SMILES string of the molecule is CC[N+]1(CC)C(c2ccc(N(C)C)cc2)CCC2CCC(P(=O)(O)O)(P(=O)(O)O)C21. The molecule has 0 aromatic heterocycles. The van der Waals surface area contributed by atoms with Crippen LogP contribution in [-0.2, 0) is 9.13 Å². The zero-order chi connectivity index (χ0) is 22.5. The molecule has 2 fully saturated rings. The van der Waals surface area contributed by atoms with Gasteiger partial charge in [0.25, 0.3) is 0 Å². The highest BCUT2D eigenvalue weighted by molar-refractivity contribution is 7.72. The molecule has 3 atom stereocenters. The fourth-order valence-electron chi connectivity index (χ4n) is 6.36. The second kappa shape index (κ2) is 8.00. The van der Waals surface area contributed by atoms with Gasteiger partial charge in [0.15, 0.2) is 0 Å². The van der Waals surface area contributed by atoms with E-state index in [0.717, 1.165) is 17.7 Å². The predicted molar refractivity (Wildman–Crippen MR) is 117 cm³/mol. The molecule has 8 nitrogen and oxygen atoms in total. The third-order valence-electron chi connectivity index (χ3n) is 7.77. The normalized spacial score (nSPS) is 28.2. The average Bonchev–Trinajstić information content (AvgIpc) is 3.09. The molecule has 2 aliphatic rings. The first-order chi connectivity index (χ1) is 13.9. The molecule has 30 heavy (non-hydrogen) atoms. The van der Waals surface area contributed by atoms with E-state index in [0.29, 0.717) is 30.4 Å². The molecule has 1 aliphatic heterocycles. The highest BCUT2D eigenvalue weighted by Crippen LogP contribution is 2.78. The van der Waals surface area contributed by atoms with E-state index in [-0.39, 0.29) is 18.4 Å². The molecule has 1 aromatic carbocycles. The van der Waals surface area contributed by atoms with Crippen LogP contribution in [0.2, 0.25) is 0 Å². The average molecular weight is 461 g/mol. The van der Waals surface area contributed by atoms with Crippen LogP contribution in [0.5, 0.6) is 0 Å². The summed E-state index contributed by atoms with van der Waals surface area (Å²) in [5.41, 5.74) is 2.11. The van der Waals surface area contributed by atoms with Gasteiger partial charge in [-0.2, -0.15) is 0 Å². The highest BCUT2D eigenvalue weighted by atomic mass is 31.2. The minimum absolute atomic E-state index is 0.0620. The topological polar surface area (TPSA) is 118 Å². The molecule has 1 saturated carbocycles. The maximum atomic E-state index is 12.7. The Labute approximate surface area is 178 Å². The number of piperidine rings is 1. The first kappa shape index (κ1) is 23.9. The summed E-state index contributed by atoms with van der Waals surface area (Å²) in [6, 6.07) is 7.30. The molecular formula is C20H35N2O6P2+. The molecule has 1 aromatic rings. The van der Waals surface area contributed by atoms with Gasteiger partial charge >= 0.3 is 15.2 Å². The van der Waals surface area contributed by atoms with Gasteiger partial charge < -0.3 is 29.0 Å². The molecule has 0 radical (unpaired) electrons. The molecule has 4 N–H and O–H groups in total. The van der Waals surface area contributed by atoms with Crippen molar-refractivity contribution in [2.75, 3.05) is 32.1 Å². The molecule has 0 bridgehead atoms. The van der Waals surface area contributed by atoms with Gasteiger partial charge in [0.05, 0.1) is 13.1 Å². The predicted octanol–water partition coefficient (Wildman–Crippen LogP) is 3.27. The lowest BCUT2D eigenvalue weighted by molar-refractivity contribution is -0.984. The summed E-state index contributed by atoms with van der Waals surface area (Å²) in [5, 5.41) is 0. The van der Waals surface area contributed by atoms with Crippen LogP contribution in [0.3, 0.4) is 0 Å². The van der Waals surface area contributed by atoms with Crippen molar-refractivity contribution < 1.29 is 33.2 Å².